The van der Waals surface area contributed by atoms with Crippen LogP contribution in [-0.4, -0.2) is 31.2 Å². The SMILES string of the molecule is CCC1(C(F)(F)F)CN(C)C1. The van der Waals surface area contributed by atoms with Crippen molar-refractivity contribution in [2.24, 2.45) is 5.41 Å². The van der Waals surface area contributed by atoms with Crippen LogP contribution in [0.3, 0.4) is 0 Å². The lowest BCUT2D eigenvalue weighted by molar-refractivity contribution is -0.265. The van der Waals surface area contributed by atoms with E-state index in [2.05, 4.69) is 0 Å². The molecule has 0 atom stereocenters. The minimum atomic E-state index is -4.02. The highest BCUT2D eigenvalue weighted by Crippen LogP contribution is 2.47. The van der Waals surface area contributed by atoms with Crippen molar-refractivity contribution in [1.29, 1.82) is 0 Å². The van der Waals surface area contributed by atoms with Gasteiger partial charge >= 0.3 is 6.18 Å². The molecule has 1 fully saturated rings. The van der Waals surface area contributed by atoms with Gasteiger partial charge in [-0.05, 0) is 13.5 Å². The molecule has 0 unspecified atom stereocenters. The standard InChI is InChI=1S/C7H12F3N/c1-3-6(7(8,9)10)4-11(2)5-6/h3-5H2,1-2H3. The first-order valence-electron chi connectivity index (χ1n) is 3.66. The lowest BCUT2D eigenvalue weighted by Crippen LogP contribution is -2.61. The molecule has 0 saturated carbocycles. The van der Waals surface area contributed by atoms with Crippen LogP contribution in [0, 0.1) is 5.41 Å². The van der Waals surface area contributed by atoms with Gasteiger partial charge in [-0.1, -0.05) is 6.92 Å². The summed E-state index contributed by atoms with van der Waals surface area (Å²) >= 11 is 0. The van der Waals surface area contributed by atoms with Gasteiger partial charge in [-0.3, -0.25) is 0 Å². The number of hydrogen-bond acceptors (Lipinski definition) is 1. The number of halogens is 3. The summed E-state index contributed by atoms with van der Waals surface area (Å²) in [6.45, 7) is 1.92. The van der Waals surface area contributed by atoms with Gasteiger partial charge < -0.3 is 4.90 Å². The van der Waals surface area contributed by atoms with Gasteiger partial charge in [-0.25, -0.2) is 0 Å². The zero-order valence-electron chi connectivity index (χ0n) is 6.70. The van der Waals surface area contributed by atoms with E-state index in [1.54, 1.807) is 18.9 Å². The number of likely N-dealkylation sites (tertiary alicyclic amines) is 1. The lowest BCUT2D eigenvalue weighted by Gasteiger charge is -2.48. The van der Waals surface area contributed by atoms with Crippen LogP contribution in [0.15, 0.2) is 0 Å². The van der Waals surface area contributed by atoms with E-state index in [1.807, 2.05) is 0 Å². The minimum Gasteiger partial charge on any atom is -0.304 e. The maximum Gasteiger partial charge on any atom is 0.396 e. The van der Waals surface area contributed by atoms with E-state index in [0.717, 1.165) is 0 Å². The van der Waals surface area contributed by atoms with Crippen molar-refractivity contribution in [3.05, 3.63) is 0 Å². The molecule has 0 aromatic rings. The third kappa shape index (κ3) is 1.24. The molecule has 0 aliphatic carbocycles. The van der Waals surface area contributed by atoms with Crippen LogP contribution in [0.5, 0.6) is 0 Å². The van der Waals surface area contributed by atoms with Crippen LogP contribution in [-0.2, 0) is 0 Å². The molecule has 11 heavy (non-hydrogen) atoms. The Hall–Kier alpha value is -0.250. The van der Waals surface area contributed by atoms with Crippen LogP contribution in [0.1, 0.15) is 13.3 Å². The first-order valence-corrected chi connectivity index (χ1v) is 3.66. The summed E-state index contributed by atoms with van der Waals surface area (Å²) in [6, 6.07) is 0. The van der Waals surface area contributed by atoms with Crippen molar-refractivity contribution < 1.29 is 13.2 Å². The van der Waals surface area contributed by atoms with E-state index < -0.39 is 11.6 Å². The monoisotopic (exact) mass is 167 g/mol. The van der Waals surface area contributed by atoms with Gasteiger partial charge in [-0.15, -0.1) is 0 Å². The summed E-state index contributed by atoms with van der Waals surface area (Å²) in [4.78, 5) is 1.69. The van der Waals surface area contributed by atoms with Crippen molar-refractivity contribution in [3.8, 4) is 0 Å². The minimum absolute atomic E-state index is 0.160. The molecule has 1 rings (SSSR count). The quantitative estimate of drug-likeness (QED) is 0.576. The molecule has 4 heteroatoms. The third-order valence-electron chi connectivity index (χ3n) is 2.42. The maximum atomic E-state index is 12.3. The molecular formula is C7H12F3N. The smallest absolute Gasteiger partial charge is 0.304 e. The Kier molecular flexibility index (Phi) is 1.90. The molecule has 0 N–H and O–H groups in total. The van der Waals surface area contributed by atoms with Crippen molar-refractivity contribution in [2.75, 3.05) is 20.1 Å². The molecule has 1 aliphatic heterocycles. The second kappa shape index (κ2) is 2.37. The molecular weight excluding hydrogens is 155 g/mol. The summed E-state index contributed by atoms with van der Waals surface area (Å²) < 4.78 is 36.9. The van der Waals surface area contributed by atoms with Gasteiger partial charge in [0.25, 0.3) is 0 Å². The van der Waals surface area contributed by atoms with Crippen molar-refractivity contribution in [2.45, 2.75) is 19.5 Å². The van der Waals surface area contributed by atoms with Gasteiger partial charge in [0, 0.05) is 13.1 Å². The van der Waals surface area contributed by atoms with Crippen LogP contribution >= 0.6 is 0 Å². The van der Waals surface area contributed by atoms with E-state index in [9.17, 15) is 13.2 Å². The fraction of sp³-hybridized carbons (Fsp3) is 1.00. The second-order valence-electron chi connectivity index (χ2n) is 3.30. The summed E-state index contributed by atoms with van der Waals surface area (Å²) in [5, 5.41) is 0. The Morgan fingerprint density at radius 1 is 1.36 bits per heavy atom. The number of rotatable bonds is 1. The van der Waals surface area contributed by atoms with Gasteiger partial charge in [0.2, 0.25) is 0 Å². The molecule has 1 heterocycles. The van der Waals surface area contributed by atoms with Crippen LogP contribution in [0.4, 0.5) is 13.2 Å². The van der Waals surface area contributed by atoms with Crippen LogP contribution < -0.4 is 0 Å². The third-order valence-corrected chi connectivity index (χ3v) is 2.42. The second-order valence-corrected chi connectivity index (χ2v) is 3.30. The average molecular weight is 167 g/mol. The fourth-order valence-electron chi connectivity index (χ4n) is 1.59. The predicted molar refractivity (Wildman–Crippen MR) is 36.3 cm³/mol. The van der Waals surface area contributed by atoms with Gasteiger partial charge in [0.05, 0.1) is 5.41 Å². The molecule has 66 valence electrons. The van der Waals surface area contributed by atoms with Crippen molar-refractivity contribution in [1.82, 2.24) is 4.90 Å². The summed E-state index contributed by atoms with van der Waals surface area (Å²) in [5.41, 5.74) is -1.40. The fourth-order valence-corrected chi connectivity index (χ4v) is 1.59. The average Bonchev–Trinajstić information content (AvgIpc) is 1.77. The first-order chi connectivity index (χ1) is 4.91. The normalized spacial score (nSPS) is 24.8. The molecule has 0 radical (unpaired) electrons. The molecule has 0 amide bonds. The molecule has 1 aliphatic rings. The van der Waals surface area contributed by atoms with E-state index in [-0.39, 0.29) is 19.5 Å². The predicted octanol–water partition coefficient (Wildman–Crippen LogP) is 1.89. The molecule has 0 spiro atoms. The van der Waals surface area contributed by atoms with Crippen molar-refractivity contribution in [3.63, 3.8) is 0 Å². The van der Waals surface area contributed by atoms with E-state index in [0.29, 0.717) is 0 Å². The van der Waals surface area contributed by atoms with Crippen molar-refractivity contribution >= 4 is 0 Å². The summed E-state index contributed by atoms with van der Waals surface area (Å²) in [6.07, 6.45) is -3.82. The van der Waals surface area contributed by atoms with Crippen LogP contribution in [0.25, 0.3) is 0 Å². The van der Waals surface area contributed by atoms with E-state index in [1.165, 1.54) is 0 Å². The van der Waals surface area contributed by atoms with Gasteiger partial charge in [-0.2, -0.15) is 13.2 Å². The molecule has 0 aromatic carbocycles. The Labute approximate surface area is 64.2 Å². The highest BCUT2D eigenvalue weighted by atomic mass is 19.4. The number of hydrogen-bond donors (Lipinski definition) is 0. The number of alkyl halides is 3. The first kappa shape index (κ1) is 8.84. The Bertz CT molecular complexity index is 146. The zero-order chi connectivity index (χ0) is 8.70. The molecule has 1 nitrogen and oxygen atoms in total. The van der Waals surface area contributed by atoms with E-state index >= 15 is 0 Å². The summed E-state index contributed by atoms with van der Waals surface area (Å²) in [5.74, 6) is 0. The summed E-state index contributed by atoms with van der Waals surface area (Å²) in [7, 11) is 1.71. The molecule has 0 aromatic heterocycles. The number of nitrogens with zero attached hydrogens (tertiary/aromatic N) is 1. The Morgan fingerprint density at radius 3 is 1.91 bits per heavy atom. The Balaban J connectivity index is 2.65. The largest absolute Gasteiger partial charge is 0.396 e. The highest BCUT2D eigenvalue weighted by Gasteiger charge is 2.59. The van der Waals surface area contributed by atoms with E-state index in [4.69, 9.17) is 0 Å². The molecule has 1 saturated heterocycles. The highest BCUT2D eigenvalue weighted by molar-refractivity contribution is 4.97. The lowest BCUT2D eigenvalue weighted by atomic mass is 9.77. The van der Waals surface area contributed by atoms with Crippen LogP contribution in [0.2, 0.25) is 0 Å². The zero-order valence-corrected chi connectivity index (χ0v) is 6.70. The van der Waals surface area contributed by atoms with Gasteiger partial charge in [0.15, 0.2) is 0 Å². The van der Waals surface area contributed by atoms with Gasteiger partial charge in [0.1, 0.15) is 0 Å². The molecule has 0 bridgehead atoms. The maximum absolute atomic E-state index is 12.3. The topological polar surface area (TPSA) is 3.24 Å². The Morgan fingerprint density at radius 2 is 1.82 bits per heavy atom.